The molecule has 5 heteroatoms. The van der Waals surface area contributed by atoms with Crippen LogP contribution in [0.3, 0.4) is 0 Å². The molecule has 5 nitrogen and oxygen atoms in total. The zero-order chi connectivity index (χ0) is 30.2. The normalized spacial score (nSPS) is 14.4. The Balaban J connectivity index is 3.82. The molecule has 4 N–H and O–H groups in total. The first-order valence-electron chi connectivity index (χ1n) is 17.3. The summed E-state index contributed by atoms with van der Waals surface area (Å²) in [5, 5.41) is 32.8. The van der Waals surface area contributed by atoms with Gasteiger partial charge in [0.2, 0.25) is 5.91 Å². The predicted molar refractivity (Wildman–Crippen MR) is 176 cm³/mol. The second-order valence-electron chi connectivity index (χ2n) is 11.8. The molecule has 0 aliphatic rings. The van der Waals surface area contributed by atoms with Gasteiger partial charge >= 0.3 is 0 Å². The third-order valence-corrected chi connectivity index (χ3v) is 7.65. The molecule has 0 spiro atoms. The highest BCUT2D eigenvalue weighted by Gasteiger charge is 2.20. The van der Waals surface area contributed by atoms with Crippen LogP contribution < -0.4 is 5.32 Å². The highest BCUT2D eigenvalue weighted by Crippen LogP contribution is 2.13. The Bertz CT molecular complexity index is 645. The number of aliphatic hydroxyl groups excluding tert-OH is 3. The summed E-state index contributed by atoms with van der Waals surface area (Å²) in [5.41, 5.74) is 0. The molecular formula is C36H67NO4. The van der Waals surface area contributed by atoms with Gasteiger partial charge in [0.15, 0.2) is 0 Å². The van der Waals surface area contributed by atoms with Crippen LogP contribution in [0.15, 0.2) is 36.5 Å². The number of nitrogens with one attached hydrogen (secondary N) is 1. The summed E-state index contributed by atoms with van der Waals surface area (Å²) in [6, 6.07) is -0.762. The molecule has 0 aromatic rings. The number of unbranched alkanes of at least 4 members (excludes halogenated alkanes) is 17. The molecule has 0 bridgehead atoms. The van der Waals surface area contributed by atoms with E-state index >= 15 is 0 Å². The average Bonchev–Trinajstić information content (AvgIpc) is 2.96. The standard InChI is InChI=1S/C36H67NO4/c1-3-5-7-9-11-13-14-15-16-17-18-19-20-22-24-26-28-30-35(40)34(32-38)37-36(41)31-33(39)29-27-25-23-21-12-10-8-6-4-2/h10,12,20,22,28,30,33-35,38-40H,3-9,11,13-19,21,23-27,29,31-32H2,1-2H3,(H,37,41)/b12-10-,22-20+,30-28+. The van der Waals surface area contributed by atoms with Gasteiger partial charge in [-0.1, -0.05) is 140 Å². The van der Waals surface area contributed by atoms with Gasteiger partial charge in [-0.15, -0.1) is 0 Å². The molecule has 1 amide bonds. The number of hydrogen-bond donors (Lipinski definition) is 4. The number of allylic oxidation sites excluding steroid dienone is 5. The number of rotatable bonds is 30. The number of carbonyl (C=O) groups is 1. The van der Waals surface area contributed by atoms with E-state index in [1.165, 1.54) is 83.5 Å². The number of hydrogen-bond acceptors (Lipinski definition) is 4. The Kier molecular flexibility index (Phi) is 30.4. The van der Waals surface area contributed by atoms with Gasteiger partial charge < -0.3 is 20.6 Å². The molecule has 41 heavy (non-hydrogen) atoms. The van der Waals surface area contributed by atoms with Gasteiger partial charge in [-0.25, -0.2) is 0 Å². The number of amides is 1. The smallest absolute Gasteiger partial charge is 0.222 e. The topological polar surface area (TPSA) is 89.8 Å². The zero-order valence-corrected chi connectivity index (χ0v) is 26.9. The Morgan fingerprint density at radius 2 is 1.07 bits per heavy atom. The van der Waals surface area contributed by atoms with Gasteiger partial charge in [-0.05, 0) is 51.4 Å². The van der Waals surface area contributed by atoms with Crippen LogP contribution in [0.25, 0.3) is 0 Å². The van der Waals surface area contributed by atoms with Gasteiger partial charge in [-0.2, -0.15) is 0 Å². The van der Waals surface area contributed by atoms with Crippen molar-refractivity contribution in [2.75, 3.05) is 6.61 Å². The van der Waals surface area contributed by atoms with E-state index in [4.69, 9.17) is 0 Å². The average molecular weight is 578 g/mol. The number of aliphatic hydroxyl groups is 3. The van der Waals surface area contributed by atoms with Crippen molar-refractivity contribution in [1.29, 1.82) is 0 Å². The van der Waals surface area contributed by atoms with E-state index in [2.05, 4.69) is 43.5 Å². The van der Waals surface area contributed by atoms with Gasteiger partial charge in [0.1, 0.15) is 0 Å². The van der Waals surface area contributed by atoms with Crippen LogP contribution in [-0.4, -0.2) is 46.1 Å². The van der Waals surface area contributed by atoms with Crippen LogP contribution in [0, 0.1) is 0 Å². The van der Waals surface area contributed by atoms with Crippen molar-refractivity contribution < 1.29 is 20.1 Å². The predicted octanol–water partition coefficient (Wildman–Crippen LogP) is 8.87. The molecule has 0 saturated carbocycles. The molecule has 0 saturated heterocycles. The SMILES string of the molecule is CCCC/C=C\CCCCCC(O)CC(=O)NC(CO)C(O)/C=C/CC/C=C/CCCCCCCCCCCCC. The van der Waals surface area contributed by atoms with E-state index in [9.17, 15) is 20.1 Å². The van der Waals surface area contributed by atoms with Crippen LogP contribution in [0.2, 0.25) is 0 Å². The van der Waals surface area contributed by atoms with Crippen molar-refractivity contribution in [2.24, 2.45) is 0 Å². The summed E-state index contributed by atoms with van der Waals surface area (Å²) in [7, 11) is 0. The molecule has 0 aromatic carbocycles. The quantitative estimate of drug-likeness (QED) is 0.0507. The van der Waals surface area contributed by atoms with Gasteiger partial charge in [-0.3, -0.25) is 4.79 Å². The van der Waals surface area contributed by atoms with Crippen LogP contribution in [-0.2, 0) is 4.79 Å². The van der Waals surface area contributed by atoms with Crippen molar-refractivity contribution in [3.05, 3.63) is 36.5 Å². The van der Waals surface area contributed by atoms with Gasteiger partial charge in [0.05, 0.1) is 31.3 Å². The van der Waals surface area contributed by atoms with Crippen molar-refractivity contribution in [2.45, 2.75) is 180 Å². The highest BCUT2D eigenvalue weighted by atomic mass is 16.3. The largest absolute Gasteiger partial charge is 0.394 e. The molecule has 240 valence electrons. The van der Waals surface area contributed by atoms with E-state index in [1.807, 2.05) is 6.08 Å². The van der Waals surface area contributed by atoms with Crippen LogP contribution >= 0.6 is 0 Å². The van der Waals surface area contributed by atoms with E-state index in [0.29, 0.717) is 6.42 Å². The van der Waals surface area contributed by atoms with Crippen LogP contribution in [0.4, 0.5) is 0 Å². The van der Waals surface area contributed by atoms with E-state index in [-0.39, 0.29) is 18.9 Å². The molecule has 0 fully saturated rings. The summed E-state index contributed by atoms with van der Waals surface area (Å²) in [4.78, 5) is 12.3. The monoisotopic (exact) mass is 578 g/mol. The lowest BCUT2D eigenvalue weighted by Gasteiger charge is -2.20. The van der Waals surface area contributed by atoms with Gasteiger partial charge in [0, 0.05) is 0 Å². The third-order valence-electron chi connectivity index (χ3n) is 7.65. The molecule has 3 unspecified atom stereocenters. The second kappa shape index (κ2) is 31.5. The Labute approximate surface area is 254 Å². The minimum atomic E-state index is -0.952. The van der Waals surface area contributed by atoms with E-state index in [1.54, 1.807) is 6.08 Å². The first-order valence-corrected chi connectivity index (χ1v) is 17.3. The van der Waals surface area contributed by atoms with Crippen molar-refractivity contribution >= 4 is 5.91 Å². The molecule has 0 aromatic heterocycles. The minimum absolute atomic E-state index is 0.00618. The molecule has 3 atom stereocenters. The number of carbonyl (C=O) groups excluding carboxylic acids is 1. The van der Waals surface area contributed by atoms with Crippen LogP contribution in [0.5, 0.6) is 0 Å². The molecule has 0 rings (SSSR count). The highest BCUT2D eigenvalue weighted by molar-refractivity contribution is 5.76. The third kappa shape index (κ3) is 28.5. The van der Waals surface area contributed by atoms with Gasteiger partial charge in [0.25, 0.3) is 0 Å². The maximum absolute atomic E-state index is 12.3. The Hall–Kier alpha value is -1.43. The van der Waals surface area contributed by atoms with Crippen molar-refractivity contribution in [3.63, 3.8) is 0 Å². The molecular weight excluding hydrogens is 510 g/mol. The molecule has 0 heterocycles. The summed E-state index contributed by atoms with van der Waals surface area (Å²) in [6.45, 7) is 4.12. The fourth-order valence-electron chi connectivity index (χ4n) is 4.92. The van der Waals surface area contributed by atoms with E-state index in [0.717, 1.165) is 51.4 Å². The lowest BCUT2D eigenvalue weighted by atomic mass is 10.1. The van der Waals surface area contributed by atoms with Crippen molar-refractivity contribution in [3.8, 4) is 0 Å². The summed E-state index contributed by atoms with van der Waals surface area (Å²) >= 11 is 0. The Morgan fingerprint density at radius 1 is 0.610 bits per heavy atom. The first kappa shape index (κ1) is 39.6. The lowest BCUT2D eigenvalue weighted by molar-refractivity contribution is -0.124. The maximum atomic E-state index is 12.3. The molecule has 0 aliphatic heterocycles. The zero-order valence-electron chi connectivity index (χ0n) is 26.9. The first-order chi connectivity index (χ1) is 20.0. The lowest BCUT2D eigenvalue weighted by Crippen LogP contribution is -2.45. The Morgan fingerprint density at radius 3 is 1.63 bits per heavy atom. The summed E-state index contributed by atoms with van der Waals surface area (Å²) in [6.07, 6.45) is 37.0. The maximum Gasteiger partial charge on any atom is 0.222 e. The molecule has 0 aliphatic carbocycles. The summed E-state index contributed by atoms with van der Waals surface area (Å²) < 4.78 is 0. The second-order valence-corrected chi connectivity index (χ2v) is 11.8. The fraction of sp³-hybridized carbons (Fsp3) is 0.806. The minimum Gasteiger partial charge on any atom is -0.394 e. The van der Waals surface area contributed by atoms with E-state index < -0.39 is 18.2 Å². The molecule has 0 radical (unpaired) electrons. The van der Waals surface area contributed by atoms with Crippen molar-refractivity contribution in [1.82, 2.24) is 5.32 Å². The fourth-order valence-corrected chi connectivity index (χ4v) is 4.92. The summed E-state index contributed by atoms with van der Waals surface area (Å²) in [5.74, 6) is -0.340. The van der Waals surface area contributed by atoms with Crippen LogP contribution in [0.1, 0.15) is 162 Å².